The van der Waals surface area contributed by atoms with E-state index in [2.05, 4.69) is 4.98 Å². The fourth-order valence-corrected chi connectivity index (χ4v) is 6.40. The summed E-state index contributed by atoms with van der Waals surface area (Å²) in [7, 11) is -1.64. The zero-order chi connectivity index (χ0) is 26.8. The maximum atomic E-state index is 15.5. The van der Waals surface area contributed by atoms with Gasteiger partial charge >= 0.3 is 0 Å². The molecule has 0 amide bonds. The summed E-state index contributed by atoms with van der Waals surface area (Å²) in [5.41, 5.74) is -0.0493. The second kappa shape index (κ2) is 10.7. The molecule has 0 radical (unpaired) electrons. The first kappa shape index (κ1) is 27.0. The summed E-state index contributed by atoms with van der Waals surface area (Å²) in [6, 6.07) is 12.4. The molecule has 4 rings (SSSR count). The smallest absolute Gasteiger partial charge is 0.268 e. The molecular weight excluding hydrogens is 526 g/mol. The van der Waals surface area contributed by atoms with Crippen molar-refractivity contribution in [1.29, 1.82) is 0 Å². The van der Waals surface area contributed by atoms with E-state index in [1.165, 1.54) is 26.4 Å². The number of benzene rings is 2. The van der Waals surface area contributed by atoms with E-state index in [9.17, 15) is 17.6 Å². The van der Waals surface area contributed by atoms with Crippen LogP contribution in [-0.4, -0.2) is 39.5 Å². The highest BCUT2D eigenvalue weighted by Gasteiger charge is 2.41. The van der Waals surface area contributed by atoms with Gasteiger partial charge in [0.1, 0.15) is 27.9 Å². The Morgan fingerprint density at radius 3 is 2.49 bits per heavy atom. The Morgan fingerprint density at radius 2 is 1.89 bits per heavy atom. The molecule has 0 N–H and O–H groups in total. The number of rotatable bonds is 9. The highest BCUT2D eigenvalue weighted by atomic mass is 35.5. The lowest BCUT2D eigenvalue weighted by atomic mass is 9.95. The molecule has 1 fully saturated rings. The van der Waals surface area contributed by atoms with E-state index < -0.39 is 32.3 Å². The van der Waals surface area contributed by atoms with Crippen molar-refractivity contribution in [2.45, 2.75) is 42.2 Å². The number of methoxy groups -OCH3 is 2. The highest BCUT2D eigenvalue weighted by molar-refractivity contribution is 7.92. The van der Waals surface area contributed by atoms with E-state index in [1.807, 2.05) is 0 Å². The predicted molar refractivity (Wildman–Crippen MR) is 134 cm³/mol. The normalized spacial score (nSPS) is 19.5. The van der Waals surface area contributed by atoms with Crippen LogP contribution in [0.3, 0.4) is 0 Å². The van der Waals surface area contributed by atoms with Crippen molar-refractivity contribution in [3.8, 4) is 5.75 Å². The molecule has 2 unspecified atom stereocenters. The summed E-state index contributed by atoms with van der Waals surface area (Å²) in [6.45, 7) is -0.250. The fourth-order valence-electron chi connectivity index (χ4n) is 4.54. The van der Waals surface area contributed by atoms with Gasteiger partial charge in [-0.05, 0) is 72.7 Å². The number of pyridine rings is 1. The molecule has 11 heteroatoms. The highest BCUT2D eigenvalue weighted by Crippen LogP contribution is 2.45. The molecule has 0 bridgehead atoms. The van der Waals surface area contributed by atoms with Crippen LogP contribution in [0, 0.1) is 11.8 Å². The van der Waals surface area contributed by atoms with E-state index in [1.54, 1.807) is 24.3 Å². The lowest BCUT2D eigenvalue weighted by molar-refractivity contribution is -0.126. The number of carbonyl (C=O) groups is 1. The largest absolute Gasteiger partial charge is 0.497 e. The Hall–Kier alpha value is -3.08. The van der Waals surface area contributed by atoms with E-state index >= 15 is 4.39 Å². The first-order chi connectivity index (χ1) is 17.6. The molecule has 0 spiro atoms. The summed E-state index contributed by atoms with van der Waals surface area (Å²) in [4.78, 5) is 14.6. The third-order valence-electron chi connectivity index (χ3n) is 6.63. The quantitative estimate of drug-likeness (QED) is 0.266. The summed E-state index contributed by atoms with van der Waals surface area (Å²) in [5.74, 6) is -1.85. The van der Waals surface area contributed by atoms with Crippen molar-refractivity contribution >= 4 is 33.7 Å². The van der Waals surface area contributed by atoms with Crippen LogP contribution < -0.4 is 9.04 Å². The number of hydrogen-bond donors (Lipinski definition) is 0. The summed E-state index contributed by atoms with van der Waals surface area (Å²) >= 11 is 6.47. The number of aldehydes is 1. The molecule has 1 heterocycles. The number of aromatic nitrogens is 1. The predicted octanol–water partition coefficient (Wildman–Crippen LogP) is 5.27. The minimum atomic E-state index is -4.58. The van der Waals surface area contributed by atoms with Gasteiger partial charge in [0.15, 0.2) is 6.29 Å². The number of nitrogens with zero attached hydrogens (tertiary/aromatic N) is 2. The minimum absolute atomic E-state index is 0.0411. The number of sulfonamides is 1. The number of halogens is 3. The number of carbonyl (C=O) groups excluding carboxylic acids is 1. The van der Waals surface area contributed by atoms with Crippen molar-refractivity contribution in [1.82, 2.24) is 4.98 Å². The summed E-state index contributed by atoms with van der Waals surface area (Å²) in [5, 5.41) is 0.0411. The standard InChI is InChI=1S/C26H25ClF2N2O5S/c1-35-19-8-6-17(7-9-19)15-31(25-5-3-4-24(29)30-25)37(33,34)23-13-21(27)20(12-22(23)28)18-10-11-26(14-18,16-32)36-2/h3-9,12-13,16,18H,10-11,14-15H2,1-2H3. The van der Waals surface area contributed by atoms with Crippen molar-refractivity contribution < 1.29 is 31.5 Å². The van der Waals surface area contributed by atoms with Gasteiger partial charge in [0.25, 0.3) is 10.0 Å². The fraction of sp³-hybridized carbons (Fsp3) is 0.308. The molecule has 7 nitrogen and oxygen atoms in total. The third-order valence-corrected chi connectivity index (χ3v) is 8.72. The van der Waals surface area contributed by atoms with Crippen LogP contribution in [-0.2, 0) is 26.1 Å². The lowest BCUT2D eigenvalue weighted by Crippen LogP contribution is -2.32. The van der Waals surface area contributed by atoms with Gasteiger partial charge in [0, 0.05) is 12.1 Å². The Bertz CT molecular complexity index is 1400. The van der Waals surface area contributed by atoms with Gasteiger partial charge in [0.05, 0.1) is 13.7 Å². The molecule has 1 aromatic heterocycles. The summed E-state index contributed by atoms with van der Waals surface area (Å²) < 4.78 is 68.2. The van der Waals surface area contributed by atoms with Crippen LogP contribution in [0.5, 0.6) is 5.75 Å². The van der Waals surface area contributed by atoms with E-state index in [0.29, 0.717) is 36.1 Å². The minimum Gasteiger partial charge on any atom is -0.497 e. The van der Waals surface area contributed by atoms with Gasteiger partial charge in [-0.25, -0.2) is 22.1 Å². The Labute approximate surface area is 219 Å². The first-order valence-electron chi connectivity index (χ1n) is 11.4. The van der Waals surface area contributed by atoms with Crippen LogP contribution in [0.2, 0.25) is 5.02 Å². The van der Waals surface area contributed by atoms with Crippen LogP contribution in [0.4, 0.5) is 14.6 Å². The molecule has 2 atom stereocenters. The molecule has 0 aliphatic heterocycles. The summed E-state index contributed by atoms with van der Waals surface area (Å²) in [6.07, 6.45) is 2.00. The first-order valence-corrected chi connectivity index (χ1v) is 13.2. The van der Waals surface area contributed by atoms with Gasteiger partial charge in [-0.2, -0.15) is 4.39 Å². The van der Waals surface area contributed by atoms with Gasteiger partial charge in [-0.15, -0.1) is 0 Å². The topological polar surface area (TPSA) is 85.8 Å². The number of anilines is 1. The second-order valence-corrected chi connectivity index (χ2v) is 11.0. The van der Waals surface area contributed by atoms with Crippen molar-refractivity contribution in [3.05, 3.63) is 82.5 Å². The molecule has 0 saturated heterocycles. The second-order valence-electron chi connectivity index (χ2n) is 8.81. The monoisotopic (exact) mass is 550 g/mol. The van der Waals surface area contributed by atoms with E-state index in [0.717, 1.165) is 28.8 Å². The van der Waals surface area contributed by atoms with Gasteiger partial charge in [-0.3, -0.25) is 0 Å². The van der Waals surface area contributed by atoms with Gasteiger partial charge < -0.3 is 14.3 Å². The molecule has 1 aliphatic carbocycles. The maximum absolute atomic E-state index is 15.5. The average molecular weight is 551 g/mol. The molecule has 1 saturated carbocycles. The molecule has 37 heavy (non-hydrogen) atoms. The average Bonchev–Trinajstić information content (AvgIpc) is 3.33. The van der Waals surface area contributed by atoms with Gasteiger partial charge in [-0.1, -0.05) is 29.8 Å². The molecule has 2 aromatic carbocycles. The van der Waals surface area contributed by atoms with Gasteiger partial charge in [0.2, 0.25) is 5.95 Å². The lowest BCUT2D eigenvalue weighted by Gasteiger charge is -2.25. The van der Waals surface area contributed by atoms with Crippen molar-refractivity contribution in [2.75, 3.05) is 18.5 Å². The maximum Gasteiger partial charge on any atom is 0.268 e. The number of hydrogen-bond acceptors (Lipinski definition) is 6. The molecule has 1 aliphatic rings. The van der Waals surface area contributed by atoms with Crippen LogP contribution >= 0.6 is 11.6 Å². The zero-order valence-electron chi connectivity index (χ0n) is 20.2. The van der Waals surface area contributed by atoms with Crippen molar-refractivity contribution in [2.24, 2.45) is 0 Å². The van der Waals surface area contributed by atoms with Crippen LogP contribution in [0.15, 0.2) is 59.5 Å². The molecule has 196 valence electrons. The van der Waals surface area contributed by atoms with E-state index in [-0.39, 0.29) is 23.3 Å². The van der Waals surface area contributed by atoms with Crippen LogP contribution in [0.1, 0.15) is 36.3 Å². The Morgan fingerprint density at radius 1 is 1.16 bits per heavy atom. The molecule has 3 aromatic rings. The SMILES string of the molecule is COc1ccc(CN(c2cccc(F)n2)S(=O)(=O)c2cc(Cl)c(C3CCC(C=O)(OC)C3)cc2F)cc1. The zero-order valence-corrected chi connectivity index (χ0v) is 21.7. The van der Waals surface area contributed by atoms with Crippen LogP contribution in [0.25, 0.3) is 0 Å². The van der Waals surface area contributed by atoms with E-state index in [4.69, 9.17) is 21.1 Å². The molecular formula is C26H25ClF2N2O5S. The third kappa shape index (κ3) is 5.46. The van der Waals surface area contributed by atoms with Crippen molar-refractivity contribution in [3.63, 3.8) is 0 Å². The number of ether oxygens (including phenoxy) is 2. The Balaban J connectivity index is 1.74. The Kier molecular flexibility index (Phi) is 7.82.